The number of hydrogen-bond donors (Lipinski definition) is 0. The van der Waals surface area contributed by atoms with Gasteiger partial charge in [-0.15, -0.1) is 0 Å². The normalized spacial score (nSPS) is 13.9. The van der Waals surface area contributed by atoms with E-state index in [-0.39, 0.29) is 6.09 Å². The van der Waals surface area contributed by atoms with E-state index in [4.69, 9.17) is 9.84 Å². The topological polar surface area (TPSA) is 38.8 Å². The van der Waals surface area contributed by atoms with Crippen molar-refractivity contribution in [1.82, 2.24) is 4.90 Å². The van der Waals surface area contributed by atoms with E-state index in [1.54, 1.807) is 4.90 Å². The van der Waals surface area contributed by atoms with E-state index >= 15 is 0 Å². The average molecular weight is 563 g/mol. The van der Waals surface area contributed by atoms with Gasteiger partial charge in [-0.25, -0.2) is 0 Å². The molecule has 0 saturated carbocycles. The van der Waals surface area contributed by atoms with Crippen LogP contribution >= 0.6 is 0 Å². The molecule has 0 N–H and O–H groups in total. The fourth-order valence-electron chi connectivity index (χ4n) is 2.37. The molecule has 0 spiro atoms. The molecule has 2 aromatic rings. The van der Waals surface area contributed by atoms with E-state index in [1.165, 1.54) is 5.56 Å². The molecule has 3 rings (SSSR count). The van der Waals surface area contributed by atoms with Crippen LogP contribution in [0.25, 0.3) is 0 Å². The molecule has 0 bridgehead atoms. The van der Waals surface area contributed by atoms with Gasteiger partial charge in [0.15, 0.2) is 0 Å². The first-order chi connectivity index (χ1) is 11.8. The summed E-state index contributed by atoms with van der Waals surface area (Å²) in [7, 11) is 0. The third-order valence-corrected chi connectivity index (χ3v) is 6.10. The van der Waals surface area contributed by atoms with Crippen LogP contribution in [0.3, 0.4) is 0 Å². The van der Waals surface area contributed by atoms with Crippen LogP contribution in [0.5, 0.6) is 0 Å². The van der Waals surface area contributed by atoms with Gasteiger partial charge in [-0.1, -0.05) is 0 Å². The first-order valence-electron chi connectivity index (χ1n) is 7.93. The molecule has 0 aliphatic carbocycles. The Morgan fingerprint density at radius 3 is 2.29 bits per heavy atom. The van der Waals surface area contributed by atoms with Crippen molar-refractivity contribution in [3.63, 3.8) is 0 Å². The number of amides is 1. The van der Waals surface area contributed by atoms with Crippen molar-refractivity contribution in [2.24, 2.45) is 5.92 Å². The summed E-state index contributed by atoms with van der Waals surface area (Å²) in [4.78, 5) is 13.7. The van der Waals surface area contributed by atoms with Gasteiger partial charge in [-0.2, -0.15) is 0 Å². The molecule has 1 fully saturated rings. The van der Waals surface area contributed by atoms with Crippen molar-refractivity contribution >= 4 is 6.09 Å². The van der Waals surface area contributed by atoms with Gasteiger partial charge in [-0.05, 0) is 0 Å². The molecule has 1 amide bonds. The molecule has 1 aliphatic rings. The zero-order valence-corrected chi connectivity index (χ0v) is 15.9. The molecule has 24 heavy (non-hydrogen) atoms. The van der Waals surface area contributed by atoms with E-state index in [0.29, 0.717) is 12.5 Å². The predicted molar refractivity (Wildman–Crippen MR) is 87.8 cm³/mol. The summed E-state index contributed by atoms with van der Waals surface area (Å²) in [6, 6.07) is 20.2. The fourth-order valence-corrected chi connectivity index (χ4v) is 4.53. The number of carbonyl (C=O) groups excluding carboxylic acids is 1. The van der Waals surface area contributed by atoms with Crippen molar-refractivity contribution in [1.29, 1.82) is 0 Å². The number of ether oxygens (including phenoxy) is 1. The number of nitrogens with zero attached hydrogens (tertiary/aromatic N) is 1. The molecule has 4 nitrogen and oxygen atoms in total. The molecule has 0 atom stereocenters. The molecular formula is C19H21EsNO3. The SMILES string of the molecule is O=C(OCc1ccccc1)N1CC(C[O][Es][CH2]c2ccccc2)C1. The number of carbonyl (C=O) groups is 1. The quantitative estimate of drug-likeness (QED) is 0.485. The molecule has 131 valence electrons. The second-order valence-electron chi connectivity index (χ2n) is 5.74. The summed E-state index contributed by atoms with van der Waals surface area (Å²) in [5, 5.41) is 5.86. The molecule has 0 unspecified atom stereocenters. The standard InChI is InChI=1S/C12H14NO3.C7H7.Es/c14-8-11-6-13(7-11)12(15)16-9-10-4-2-1-3-5-10;1-7-5-3-2-4-6-7;/h1-5,11H,6-9H2;2-6H,1H2;/q-1;;+1. The Labute approximate surface area is 137 Å². The van der Waals surface area contributed by atoms with Gasteiger partial charge in [0.25, 0.3) is 0 Å². The summed E-state index contributed by atoms with van der Waals surface area (Å²) in [5.41, 5.74) is 2.36. The van der Waals surface area contributed by atoms with Crippen LogP contribution in [0.2, 0.25) is 0 Å². The summed E-state index contributed by atoms with van der Waals surface area (Å²) in [5.74, 6) is 0.456. The molecule has 0 aromatic heterocycles. The Kier molecular flexibility index (Phi) is 5.05. The molecule has 5 heteroatoms. The van der Waals surface area contributed by atoms with Crippen molar-refractivity contribution in [2.45, 2.75) is 13.5 Å². The first kappa shape index (κ1) is 15.6. The number of rotatable bonds is 7. The molecule has 1 aliphatic heterocycles. The van der Waals surface area contributed by atoms with E-state index in [0.717, 1.165) is 32.2 Å². The van der Waals surface area contributed by atoms with Crippen LogP contribution in [-0.2, 0) is 23.4 Å². The Balaban J connectivity index is 1.26. The Hall–Kier alpha value is -3.33. The predicted octanol–water partition coefficient (Wildman–Crippen LogP) is 3.47. The zero-order chi connectivity index (χ0) is 16.6. The van der Waals surface area contributed by atoms with E-state index < -0.39 is 0 Å². The minimum atomic E-state index is -0.511. The first-order valence-corrected chi connectivity index (χ1v) is 10.7. The van der Waals surface area contributed by atoms with Gasteiger partial charge in [0, 0.05) is 0 Å². The maximum atomic E-state index is 11.9. The van der Waals surface area contributed by atoms with Gasteiger partial charge >= 0.3 is 137 Å². The minimum absolute atomic E-state index is 0.225. The number of hydrogen-bond acceptors (Lipinski definition) is 3. The van der Waals surface area contributed by atoms with Gasteiger partial charge in [0.1, 0.15) is 0 Å². The molecule has 0 radical (unpaired) electrons. The summed E-state index contributed by atoms with van der Waals surface area (Å²) < 4.78 is 4.81. The molecule has 1 saturated heterocycles. The van der Waals surface area contributed by atoms with Crippen LogP contribution in [0, 0.1) is 5.92 Å². The summed E-state index contributed by atoms with van der Waals surface area (Å²) in [6.07, 6.45) is -0.225. The Morgan fingerprint density at radius 1 is 1.00 bits per heavy atom. The van der Waals surface area contributed by atoms with Gasteiger partial charge in [-0.3, -0.25) is 0 Å². The van der Waals surface area contributed by atoms with Crippen molar-refractivity contribution in [3.8, 4) is 0 Å². The molecular weight excluding hydrogens is 542 g/mol. The Morgan fingerprint density at radius 2 is 1.62 bits per heavy atom. The van der Waals surface area contributed by atoms with Crippen molar-refractivity contribution in [3.05, 3.63) is 71.8 Å². The van der Waals surface area contributed by atoms with Crippen LogP contribution in [0.1, 0.15) is 11.1 Å². The summed E-state index contributed by atoms with van der Waals surface area (Å²) in [6.45, 7) is 3.65. The average Bonchev–Trinajstić information content (AvgIpc) is 2.60. The summed E-state index contributed by atoms with van der Waals surface area (Å²) >= 11 is 0. The third-order valence-electron chi connectivity index (χ3n) is 3.78. The van der Waals surface area contributed by atoms with E-state index in [1.807, 2.05) is 36.4 Å². The van der Waals surface area contributed by atoms with E-state index in [9.17, 15) is 4.79 Å². The Bertz CT molecular complexity index is 630. The van der Waals surface area contributed by atoms with Gasteiger partial charge in [0.2, 0.25) is 0 Å². The van der Waals surface area contributed by atoms with Crippen LogP contribution in [-0.4, -0.2) is 30.7 Å². The van der Waals surface area contributed by atoms with E-state index in [2.05, 4.69) is 24.3 Å². The second kappa shape index (κ2) is 7.79. The van der Waals surface area contributed by atoms with Gasteiger partial charge in [0.05, 0.1) is 0 Å². The maximum absolute atomic E-state index is 11.9. The number of benzene rings is 2. The third kappa shape index (κ3) is 4.34. The van der Waals surface area contributed by atoms with Crippen LogP contribution in [0.15, 0.2) is 60.7 Å². The monoisotopic (exact) mass is 563 g/mol. The van der Waals surface area contributed by atoms with Gasteiger partial charge < -0.3 is 0 Å². The van der Waals surface area contributed by atoms with Crippen molar-refractivity contribution < 1.29 is 14.6 Å². The van der Waals surface area contributed by atoms with Crippen molar-refractivity contribution in [2.75, 3.05) is 19.7 Å². The fraction of sp³-hybridized carbons (Fsp3) is 0.316. The molecule has 2 aromatic carbocycles. The van der Waals surface area contributed by atoms with Crippen LogP contribution < -0.4 is 0 Å². The zero-order valence-electron chi connectivity index (χ0n) is 13.4. The second-order valence-corrected chi connectivity index (χ2v) is 8.08. The number of likely N-dealkylation sites (tertiary alicyclic amines) is 1. The molecule has 1 heterocycles. The van der Waals surface area contributed by atoms with Crippen LogP contribution in [0.4, 0.5) is 4.79 Å².